The summed E-state index contributed by atoms with van der Waals surface area (Å²) >= 11 is 1.62. The zero-order valence-electron chi connectivity index (χ0n) is 10.8. The molecule has 0 bridgehead atoms. The minimum absolute atomic E-state index is 0.179. The van der Waals surface area contributed by atoms with Crippen molar-refractivity contribution < 1.29 is 9.84 Å². The van der Waals surface area contributed by atoms with E-state index >= 15 is 0 Å². The van der Waals surface area contributed by atoms with Gasteiger partial charge in [-0.05, 0) is 31.9 Å². The lowest BCUT2D eigenvalue weighted by atomic mass is 10.0. The van der Waals surface area contributed by atoms with Crippen LogP contribution in [-0.2, 0) is 4.74 Å². The van der Waals surface area contributed by atoms with E-state index in [1.54, 1.807) is 11.3 Å². The van der Waals surface area contributed by atoms with Crippen molar-refractivity contribution in [2.75, 3.05) is 0 Å². The number of hydrogen-bond donors (Lipinski definition) is 1. The fourth-order valence-corrected chi connectivity index (χ4v) is 2.51. The fourth-order valence-electron chi connectivity index (χ4n) is 1.94. The molecule has 3 atom stereocenters. The SMILES string of the molecule is C=CC[C@H]1OC1C[C@H](O)/C(C)=C/c1csc(C)n1. The van der Waals surface area contributed by atoms with Crippen molar-refractivity contribution >= 4 is 17.4 Å². The summed E-state index contributed by atoms with van der Waals surface area (Å²) < 4.78 is 5.46. The van der Waals surface area contributed by atoms with Gasteiger partial charge in [0.25, 0.3) is 0 Å². The number of aryl methyl sites for hydroxylation is 1. The summed E-state index contributed by atoms with van der Waals surface area (Å²) in [6.07, 6.45) is 5.31. The first-order valence-corrected chi connectivity index (χ1v) is 7.03. The van der Waals surface area contributed by atoms with Crippen molar-refractivity contribution in [1.82, 2.24) is 4.98 Å². The average Bonchev–Trinajstić information content (AvgIpc) is 2.91. The van der Waals surface area contributed by atoms with Crippen LogP contribution in [0.1, 0.15) is 30.5 Å². The second-order valence-corrected chi connectivity index (χ2v) is 5.73. The van der Waals surface area contributed by atoms with Gasteiger partial charge in [0.1, 0.15) is 0 Å². The molecule has 2 heterocycles. The Kier molecular flexibility index (Phi) is 4.32. The van der Waals surface area contributed by atoms with Crippen molar-refractivity contribution in [2.24, 2.45) is 0 Å². The lowest BCUT2D eigenvalue weighted by Gasteiger charge is -2.08. The summed E-state index contributed by atoms with van der Waals surface area (Å²) in [7, 11) is 0. The summed E-state index contributed by atoms with van der Waals surface area (Å²) in [6.45, 7) is 7.60. The molecule has 4 heteroatoms. The van der Waals surface area contributed by atoms with Gasteiger partial charge in [0.15, 0.2) is 0 Å². The number of hydrogen-bond acceptors (Lipinski definition) is 4. The van der Waals surface area contributed by atoms with Gasteiger partial charge in [-0.3, -0.25) is 0 Å². The van der Waals surface area contributed by atoms with Crippen molar-refractivity contribution in [3.63, 3.8) is 0 Å². The van der Waals surface area contributed by atoms with Gasteiger partial charge in [-0.15, -0.1) is 17.9 Å². The molecule has 0 aliphatic carbocycles. The molecule has 18 heavy (non-hydrogen) atoms. The van der Waals surface area contributed by atoms with Gasteiger partial charge >= 0.3 is 0 Å². The van der Waals surface area contributed by atoms with Gasteiger partial charge in [0.2, 0.25) is 0 Å². The molecule has 0 amide bonds. The molecule has 1 aromatic rings. The molecule has 0 aromatic carbocycles. The Morgan fingerprint density at radius 2 is 2.44 bits per heavy atom. The van der Waals surface area contributed by atoms with Gasteiger partial charge < -0.3 is 9.84 Å². The molecule has 98 valence electrons. The van der Waals surface area contributed by atoms with Crippen LogP contribution in [0.3, 0.4) is 0 Å². The van der Waals surface area contributed by atoms with E-state index in [-0.39, 0.29) is 12.2 Å². The van der Waals surface area contributed by atoms with Crippen LogP contribution in [-0.4, -0.2) is 28.4 Å². The summed E-state index contributed by atoms with van der Waals surface area (Å²) in [6, 6.07) is 0. The molecule has 1 fully saturated rings. The Labute approximate surface area is 112 Å². The standard InChI is InChI=1S/C14H19NO2S/c1-4-5-13-14(17-13)7-12(16)9(2)6-11-8-18-10(3)15-11/h4,6,8,12-14,16H,1,5,7H2,2-3H3/b9-6+/t12-,13+,14?/m0/s1. The van der Waals surface area contributed by atoms with Crippen LogP contribution in [0.15, 0.2) is 23.6 Å². The Balaban J connectivity index is 1.87. The summed E-state index contributed by atoms with van der Waals surface area (Å²) in [5.74, 6) is 0. The topological polar surface area (TPSA) is 45.6 Å². The molecule has 1 unspecified atom stereocenters. The third-order valence-electron chi connectivity index (χ3n) is 3.08. The monoisotopic (exact) mass is 265 g/mol. The molecule has 0 spiro atoms. The van der Waals surface area contributed by atoms with Crippen molar-refractivity contribution in [2.45, 2.75) is 45.0 Å². The lowest BCUT2D eigenvalue weighted by Crippen LogP contribution is -2.12. The molecule has 1 aromatic heterocycles. The molecule has 1 aliphatic heterocycles. The van der Waals surface area contributed by atoms with Crippen molar-refractivity contribution in [3.8, 4) is 0 Å². The number of nitrogens with zero attached hydrogens (tertiary/aromatic N) is 1. The maximum Gasteiger partial charge on any atom is 0.0901 e. The maximum absolute atomic E-state index is 10.1. The molecule has 1 N–H and O–H groups in total. The Hall–Kier alpha value is -0.970. The number of ether oxygens (including phenoxy) is 1. The minimum atomic E-state index is -0.452. The van der Waals surface area contributed by atoms with Gasteiger partial charge in [-0.1, -0.05) is 6.08 Å². The van der Waals surface area contributed by atoms with Gasteiger partial charge in [-0.25, -0.2) is 4.98 Å². The highest BCUT2D eigenvalue weighted by atomic mass is 32.1. The normalized spacial score (nSPS) is 24.9. The second kappa shape index (κ2) is 5.78. The van der Waals surface area contributed by atoms with E-state index in [1.807, 2.05) is 31.4 Å². The van der Waals surface area contributed by atoms with E-state index in [0.29, 0.717) is 6.42 Å². The van der Waals surface area contributed by atoms with E-state index in [4.69, 9.17) is 4.74 Å². The van der Waals surface area contributed by atoms with Gasteiger partial charge in [-0.2, -0.15) is 0 Å². The van der Waals surface area contributed by atoms with Crippen LogP contribution >= 0.6 is 11.3 Å². The quantitative estimate of drug-likeness (QED) is 0.635. The van der Waals surface area contributed by atoms with Crippen molar-refractivity contribution in [1.29, 1.82) is 0 Å². The second-order valence-electron chi connectivity index (χ2n) is 4.67. The minimum Gasteiger partial charge on any atom is -0.389 e. The van der Waals surface area contributed by atoms with Crippen LogP contribution in [0.2, 0.25) is 0 Å². The smallest absolute Gasteiger partial charge is 0.0901 e. The number of aliphatic hydroxyl groups is 1. The fraction of sp³-hybridized carbons (Fsp3) is 0.500. The van der Waals surface area contributed by atoms with E-state index in [9.17, 15) is 5.11 Å². The molecule has 2 rings (SSSR count). The summed E-state index contributed by atoms with van der Waals surface area (Å²) in [5, 5.41) is 13.1. The number of aliphatic hydroxyl groups excluding tert-OH is 1. The Bertz CT molecular complexity index is 452. The molecule has 0 radical (unpaired) electrons. The van der Waals surface area contributed by atoms with Crippen LogP contribution in [0.5, 0.6) is 0 Å². The summed E-state index contributed by atoms with van der Waals surface area (Å²) in [4.78, 5) is 4.36. The number of aromatic nitrogens is 1. The lowest BCUT2D eigenvalue weighted by molar-refractivity contribution is 0.186. The van der Waals surface area contributed by atoms with Gasteiger partial charge in [0.05, 0.1) is 29.0 Å². The first kappa shape index (κ1) is 13.5. The van der Waals surface area contributed by atoms with E-state index in [1.165, 1.54) is 0 Å². The Morgan fingerprint density at radius 3 is 3.06 bits per heavy atom. The van der Waals surface area contributed by atoms with Crippen LogP contribution < -0.4 is 0 Å². The third kappa shape index (κ3) is 3.51. The molecular formula is C14H19NO2S. The van der Waals surface area contributed by atoms with Gasteiger partial charge in [0, 0.05) is 11.8 Å². The predicted octanol–water partition coefficient (Wildman–Crippen LogP) is 2.95. The van der Waals surface area contributed by atoms with Crippen molar-refractivity contribution in [3.05, 3.63) is 34.3 Å². The molecule has 3 nitrogen and oxygen atoms in total. The van der Waals surface area contributed by atoms with Crippen LogP contribution in [0.4, 0.5) is 0 Å². The van der Waals surface area contributed by atoms with E-state index in [0.717, 1.165) is 22.7 Å². The largest absolute Gasteiger partial charge is 0.389 e. The first-order valence-electron chi connectivity index (χ1n) is 6.15. The number of thiazole rings is 1. The first-order chi connectivity index (χ1) is 8.60. The molecule has 1 aliphatic rings. The van der Waals surface area contributed by atoms with Crippen LogP contribution in [0, 0.1) is 6.92 Å². The zero-order valence-corrected chi connectivity index (χ0v) is 11.6. The number of epoxide rings is 1. The maximum atomic E-state index is 10.1. The predicted molar refractivity (Wildman–Crippen MR) is 74.6 cm³/mol. The van der Waals surface area contributed by atoms with E-state index in [2.05, 4.69) is 11.6 Å². The third-order valence-corrected chi connectivity index (χ3v) is 3.87. The average molecular weight is 265 g/mol. The molecule has 1 saturated heterocycles. The summed E-state index contributed by atoms with van der Waals surface area (Å²) in [5.41, 5.74) is 1.86. The highest BCUT2D eigenvalue weighted by Crippen LogP contribution is 2.31. The molecular weight excluding hydrogens is 246 g/mol. The van der Waals surface area contributed by atoms with E-state index < -0.39 is 6.10 Å². The highest BCUT2D eigenvalue weighted by molar-refractivity contribution is 7.09. The highest BCUT2D eigenvalue weighted by Gasteiger charge is 2.38. The molecule has 0 saturated carbocycles. The zero-order chi connectivity index (χ0) is 13.1. The number of rotatable bonds is 6. The van der Waals surface area contributed by atoms with Crippen LogP contribution in [0.25, 0.3) is 6.08 Å². The Morgan fingerprint density at radius 1 is 1.67 bits per heavy atom.